The Morgan fingerprint density at radius 2 is 1.79 bits per heavy atom. The monoisotopic (exact) mass is 286 g/mol. The molecule has 0 aromatic carbocycles. The Balaban J connectivity index is 1.95. The summed E-state index contributed by atoms with van der Waals surface area (Å²) in [7, 11) is 0. The number of likely N-dealkylation sites (tertiary alicyclic amines) is 1. The second-order valence-electron chi connectivity index (χ2n) is 6.96. The molecule has 0 atom stereocenters. The molecule has 0 radical (unpaired) electrons. The minimum atomic E-state index is -0.407. The highest BCUT2D eigenvalue weighted by atomic mass is 32.1. The van der Waals surface area contributed by atoms with Gasteiger partial charge in [0.25, 0.3) is 0 Å². The number of nitrogens with zero attached hydrogens (tertiary/aromatic N) is 2. The Hall–Kier alpha value is -0.420. The van der Waals surface area contributed by atoms with Crippen LogP contribution in [0.5, 0.6) is 0 Å². The van der Waals surface area contributed by atoms with E-state index in [1.807, 2.05) is 25.7 Å². The molecular weight excluding hydrogens is 260 g/mol. The summed E-state index contributed by atoms with van der Waals surface area (Å²) in [5.74, 6) is 0. The highest BCUT2D eigenvalue weighted by Gasteiger charge is 2.40. The average molecular weight is 286 g/mol. The van der Waals surface area contributed by atoms with Crippen LogP contribution in [0.4, 0.5) is 4.79 Å². The van der Waals surface area contributed by atoms with E-state index in [-0.39, 0.29) is 6.09 Å². The van der Waals surface area contributed by atoms with Crippen LogP contribution in [-0.2, 0) is 4.74 Å². The molecule has 0 unspecified atom stereocenters. The fourth-order valence-electron chi connectivity index (χ4n) is 3.07. The molecule has 2 aliphatic rings. The molecule has 1 amide bonds. The molecule has 4 nitrogen and oxygen atoms in total. The molecule has 2 heterocycles. The van der Waals surface area contributed by atoms with Gasteiger partial charge in [-0.15, -0.1) is 0 Å². The molecule has 5 heteroatoms. The van der Waals surface area contributed by atoms with Crippen molar-refractivity contribution in [2.45, 2.75) is 52.1 Å². The lowest BCUT2D eigenvalue weighted by molar-refractivity contribution is -0.00522. The van der Waals surface area contributed by atoms with Gasteiger partial charge in [0, 0.05) is 26.2 Å². The van der Waals surface area contributed by atoms with Crippen LogP contribution < -0.4 is 0 Å². The van der Waals surface area contributed by atoms with Crippen LogP contribution in [0.15, 0.2) is 0 Å². The number of carbonyl (C=O) groups is 1. The Kier molecular flexibility index (Phi) is 4.35. The van der Waals surface area contributed by atoms with Crippen molar-refractivity contribution in [3.8, 4) is 0 Å². The molecule has 19 heavy (non-hydrogen) atoms. The second kappa shape index (κ2) is 5.52. The lowest BCUT2D eigenvalue weighted by Crippen LogP contribution is -2.50. The molecule has 110 valence electrons. The van der Waals surface area contributed by atoms with Crippen molar-refractivity contribution in [3.63, 3.8) is 0 Å². The molecule has 2 rings (SSSR count). The van der Waals surface area contributed by atoms with E-state index in [0.717, 1.165) is 45.4 Å². The van der Waals surface area contributed by atoms with E-state index >= 15 is 0 Å². The predicted molar refractivity (Wildman–Crippen MR) is 79.3 cm³/mol. The van der Waals surface area contributed by atoms with Gasteiger partial charge in [0.15, 0.2) is 0 Å². The van der Waals surface area contributed by atoms with Crippen LogP contribution in [0.25, 0.3) is 0 Å². The van der Waals surface area contributed by atoms with Gasteiger partial charge in [-0.1, -0.05) is 12.8 Å². The highest BCUT2D eigenvalue weighted by Crippen LogP contribution is 2.40. The van der Waals surface area contributed by atoms with Crippen LogP contribution in [0.2, 0.25) is 0 Å². The molecule has 0 N–H and O–H groups in total. The first kappa shape index (κ1) is 15.0. The van der Waals surface area contributed by atoms with Gasteiger partial charge in [0.05, 0.1) is 0 Å². The predicted octanol–water partition coefficient (Wildman–Crippen LogP) is 2.94. The Bertz CT molecular complexity index is 333. The summed E-state index contributed by atoms with van der Waals surface area (Å²) in [5.41, 5.74) is -0.107. The average Bonchev–Trinajstić information content (AvgIpc) is 2.32. The molecule has 0 bridgehead atoms. The van der Waals surface area contributed by atoms with E-state index in [1.54, 1.807) is 0 Å². The molecule has 0 aromatic heterocycles. The number of amides is 1. The van der Waals surface area contributed by atoms with Gasteiger partial charge < -0.3 is 9.64 Å². The summed E-state index contributed by atoms with van der Waals surface area (Å²) < 4.78 is 7.57. The number of carbonyl (C=O) groups excluding carboxylic acids is 1. The Morgan fingerprint density at radius 3 is 2.37 bits per heavy atom. The van der Waals surface area contributed by atoms with Gasteiger partial charge in [-0.25, -0.2) is 4.79 Å². The maximum atomic E-state index is 12.2. The zero-order valence-corrected chi connectivity index (χ0v) is 13.2. The number of hydrogen-bond donors (Lipinski definition) is 1. The van der Waals surface area contributed by atoms with E-state index < -0.39 is 5.60 Å². The quantitative estimate of drug-likeness (QED) is 0.695. The van der Waals surface area contributed by atoms with Crippen LogP contribution in [0.1, 0.15) is 46.5 Å². The number of piperidine rings is 2. The van der Waals surface area contributed by atoms with Crippen molar-refractivity contribution >= 4 is 18.9 Å². The van der Waals surface area contributed by atoms with Gasteiger partial charge in [-0.05, 0) is 51.9 Å². The second-order valence-corrected chi connectivity index (χ2v) is 7.52. The van der Waals surface area contributed by atoms with Crippen LogP contribution in [0.3, 0.4) is 0 Å². The maximum Gasteiger partial charge on any atom is 0.410 e. The largest absolute Gasteiger partial charge is 0.444 e. The zero-order valence-electron chi connectivity index (χ0n) is 12.3. The fraction of sp³-hybridized carbons (Fsp3) is 0.929. The number of rotatable bonds is 0. The molecule has 0 aliphatic carbocycles. The maximum absolute atomic E-state index is 12.2. The number of ether oxygens (including phenoxy) is 1. The molecule has 0 saturated carbocycles. The highest BCUT2D eigenvalue weighted by molar-refractivity contribution is 7.77. The van der Waals surface area contributed by atoms with Crippen molar-refractivity contribution in [2.75, 3.05) is 26.2 Å². The summed E-state index contributed by atoms with van der Waals surface area (Å²) >= 11 is 4.41. The van der Waals surface area contributed by atoms with Crippen molar-refractivity contribution in [1.29, 1.82) is 0 Å². The summed E-state index contributed by atoms with van der Waals surface area (Å²) in [6.45, 7) is 9.49. The third kappa shape index (κ3) is 4.02. The molecule has 2 fully saturated rings. The normalized spacial score (nSPS) is 24.5. The summed E-state index contributed by atoms with van der Waals surface area (Å²) in [5, 5.41) is 0. The lowest BCUT2D eigenvalue weighted by Gasteiger charge is -2.46. The first-order chi connectivity index (χ1) is 8.80. The van der Waals surface area contributed by atoms with Gasteiger partial charge in [-0.3, -0.25) is 4.31 Å². The van der Waals surface area contributed by atoms with Gasteiger partial charge >= 0.3 is 6.09 Å². The molecule has 2 aliphatic heterocycles. The van der Waals surface area contributed by atoms with E-state index in [1.165, 1.54) is 6.42 Å². The molecular formula is C14H26N2O2S. The minimum absolute atomic E-state index is 0.153. The smallest absolute Gasteiger partial charge is 0.410 e. The van der Waals surface area contributed by atoms with Crippen molar-refractivity contribution < 1.29 is 9.53 Å². The number of hydrogen-bond acceptors (Lipinski definition) is 4. The Morgan fingerprint density at radius 1 is 1.16 bits per heavy atom. The Labute approximate surface area is 122 Å². The lowest BCUT2D eigenvalue weighted by atomic mass is 9.73. The third-order valence-corrected chi connectivity index (χ3v) is 4.51. The molecule has 0 aromatic rings. The molecule has 1 spiro atoms. The first-order valence-electron chi connectivity index (χ1n) is 7.22. The van der Waals surface area contributed by atoms with Crippen LogP contribution >= 0.6 is 12.8 Å². The minimum Gasteiger partial charge on any atom is -0.444 e. The summed E-state index contributed by atoms with van der Waals surface area (Å²) in [6.07, 6.45) is 4.44. The van der Waals surface area contributed by atoms with E-state index in [4.69, 9.17) is 4.74 Å². The fourth-order valence-corrected chi connectivity index (χ4v) is 3.27. The van der Waals surface area contributed by atoms with Gasteiger partial charge in [-0.2, -0.15) is 0 Å². The van der Waals surface area contributed by atoms with E-state index in [0.29, 0.717) is 5.41 Å². The van der Waals surface area contributed by atoms with Gasteiger partial charge in [0.1, 0.15) is 5.60 Å². The van der Waals surface area contributed by atoms with Crippen LogP contribution in [0, 0.1) is 5.41 Å². The van der Waals surface area contributed by atoms with Gasteiger partial charge in [0.2, 0.25) is 0 Å². The zero-order chi connectivity index (χ0) is 14.1. The molecule has 2 saturated heterocycles. The van der Waals surface area contributed by atoms with E-state index in [2.05, 4.69) is 17.1 Å². The summed E-state index contributed by atoms with van der Waals surface area (Å²) in [6, 6.07) is 0. The van der Waals surface area contributed by atoms with Crippen molar-refractivity contribution in [2.24, 2.45) is 5.41 Å². The van der Waals surface area contributed by atoms with Crippen molar-refractivity contribution in [3.05, 3.63) is 0 Å². The number of thiol groups is 1. The topological polar surface area (TPSA) is 32.8 Å². The standard InChI is InChI=1S/C14H26N2O2S/c1-13(2,3)18-12(17)15-8-4-5-14(11-15)6-9-16(19)10-7-14/h19H,4-11H2,1-3H3. The first-order valence-corrected chi connectivity index (χ1v) is 7.62. The third-order valence-electron chi connectivity index (χ3n) is 4.11. The van der Waals surface area contributed by atoms with Crippen molar-refractivity contribution in [1.82, 2.24) is 9.21 Å². The van der Waals surface area contributed by atoms with Crippen LogP contribution in [-0.4, -0.2) is 47.1 Å². The van der Waals surface area contributed by atoms with E-state index in [9.17, 15) is 4.79 Å². The summed E-state index contributed by atoms with van der Waals surface area (Å²) in [4.78, 5) is 14.1. The SMILES string of the molecule is CC(C)(C)OC(=O)N1CCCC2(CCN(S)CC2)C1.